The lowest BCUT2D eigenvalue weighted by Crippen LogP contribution is -2.10. The van der Waals surface area contributed by atoms with Crippen LogP contribution in [0.5, 0.6) is 0 Å². The normalized spacial score (nSPS) is 11.9. The van der Waals surface area contributed by atoms with E-state index in [-0.39, 0.29) is 0 Å². The molecule has 0 bridgehead atoms. The van der Waals surface area contributed by atoms with Gasteiger partial charge in [-0.15, -0.1) is 22.7 Å². The predicted molar refractivity (Wildman–Crippen MR) is 243 cm³/mol. The van der Waals surface area contributed by atoms with Crippen LogP contribution in [-0.2, 0) is 0 Å². The number of benzene rings is 9. The summed E-state index contributed by atoms with van der Waals surface area (Å²) in [5, 5.41) is 9.91. The third kappa shape index (κ3) is 4.80. The number of hydrogen-bond acceptors (Lipinski definition) is 4. The van der Waals surface area contributed by atoms with Gasteiger partial charge in [-0.2, -0.15) is 0 Å². The minimum absolute atomic E-state index is 0.872. The van der Waals surface area contributed by atoms with Crippen LogP contribution < -0.4 is 4.90 Å². The van der Waals surface area contributed by atoms with E-state index >= 15 is 0 Å². The Morgan fingerprint density at radius 3 is 1.93 bits per heavy atom. The van der Waals surface area contributed by atoms with Crippen LogP contribution in [0.15, 0.2) is 192 Å². The van der Waals surface area contributed by atoms with Crippen LogP contribution in [-0.4, -0.2) is 0 Å². The first kappa shape index (κ1) is 31.6. The number of thiophene rings is 2. The molecule has 56 heavy (non-hydrogen) atoms. The molecule has 0 spiro atoms. The number of furan rings is 1. The Morgan fingerprint density at radius 2 is 1.05 bits per heavy atom. The molecule has 0 unspecified atom stereocenters. The van der Waals surface area contributed by atoms with Gasteiger partial charge < -0.3 is 9.32 Å². The van der Waals surface area contributed by atoms with Crippen molar-refractivity contribution in [2.45, 2.75) is 0 Å². The van der Waals surface area contributed by atoms with E-state index in [1.54, 1.807) is 0 Å². The average Bonchev–Trinajstić information content (AvgIpc) is 3.95. The van der Waals surface area contributed by atoms with E-state index in [0.29, 0.717) is 0 Å². The minimum Gasteiger partial charge on any atom is -0.454 e. The molecule has 3 heterocycles. The molecule has 0 saturated heterocycles. The van der Waals surface area contributed by atoms with Gasteiger partial charge in [0.25, 0.3) is 0 Å². The summed E-state index contributed by atoms with van der Waals surface area (Å²) >= 11 is 3.76. The molecule has 0 fully saturated rings. The van der Waals surface area contributed by atoms with Crippen LogP contribution in [0, 0.1) is 0 Å². The summed E-state index contributed by atoms with van der Waals surface area (Å²) in [4.78, 5) is 2.31. The van der Waals surface area contributed by atoms with E-state index in [1.165, 1.54) is 67.8 Å². The molecule has 0 saturated carbocycles. The van der Waals surface area contributed by atoms with Crippen molar-refractivity contribution in [1.82, 2.24) is 0 Å². The van der Waals surface area contributed by atoms with Crippen LogP contribution >= 0.6 is 22.7 Å². The van der Waals surface area contributed by atoms with Crippen molar-refractivity contribution in [2.24, 2.45) is 0 Å². The summed E-state index contributed by atoms with van der Waals surface area (Å²) in [5.41, 5.74) is 9.88. The fourth-order valence-corrected chi connectivity index (χ4v) is 11.1. The lowest BCUT2D eigenvalue weighted by Gasteiger charge is -2.25. The zero-order valence-electron chi connectivity index (χ0n) is 30.1. The van der Waals surface area contributed by atoms with E-state index < -0.39 is 0 Å². The maximum atomic E-state index is 6.94. The van der Waals surface area contributed by atoms with E-state index in [0.717, 1.165) is 44.6 Å². The predicted octanol–water partition coefficient (Wildman–Crippen LogP) is 16.3. The fraction of sp³-hybridized carbons (Fsp3) is 0. The molecule has 4 heteroatoms. The van der Waals surface area contributed by atoms with Crippen molar-refractivity contribution >= 4 is 113 Å². The molecule has 12 aromatic rings. The van der Waals surface area contributed by atoms with E-state index in [4.69, 9.17) is 4.42 Å². The molecular weight excluding hydrogens is 719 g/mol. The molecule has 0 aliphatic rings. The van der Waals surface area contributed by atoms with Crippen LogP contribution in [0.4, 0.5) is 17.1 Å². The summed E-state index contributed by atoms with van der Waals surface area (Å²) in [6.07, 6.45) is 0. The zero-order chi connectivity index (χ0) is 36.7. The topological polar surface area (TPSA) is 16.4 Å². The van der Waals surface area contributed by atoms with Gasteiger partial charge >= 0.3 is 0 Å². The Bertz CT molecular complexity index is 3500. The molecule has 0 amide bonds. The third-order valence-corrected chi connectivity index (χ3v) is 13.6. The zero-order valence-corrected chi connectivity index (χ0v) is 31.7. The molecular formula is C52H31NOS2. The Hall–Kier alpha value is -6.72. The number of hydrogen-bond donors (Lipinski definition) is 0. The first-order valence-corrected chi connectivity index (χ1v) is 20.5. The van der Waals surface area contributed by atoms with Gasteiger partial charge in [-0.1, -0.05) is 127 Å². The summed E-state index contributed by atoms with van der Waals surface area (Å²) in [6.45, 7) is 0. The molecule has 0 radical (unpaired) electrons. The maximum absolute atomic E-state index is 6.94. The summed E-state index contributed by atoms with van der Waals surface area (Å²) in [6, 6.07) is 68.1. The maximum Gasteiger partial charge on any atom is 0.159 e. The lowest BCUT2D eigenvalue weighted by molar-refractivity contribution is 0.669. The third-order valence-electron chi connectivity index (χ3n) is 11.3. The average molecular weight is 750 g/mol. The molecule has 262 valence electrons. The largest absolute Gasteiger partial charge is 0.454 e. The number of fused-ring (bicyclic) bond motifs is 10. The van der Waals surface area contributed by atoms with Crippen molar-refractivity contribution in [3.05, 3.63) is 188 Å². The SMILES string of the molecule is c1ccc(N(c2ccc3ccccc3c2)c2cccc3c2oc2cc(-c4cccc5c4sc4cccc(-c6cccc7sc8ccccc8c67)c45)ccc23)cc1. The summed E-state index contributed by atoms with van der Waals surface area (Å²) in [5.74, 6) is 0. The first-order chi connectivity index (χ1) is 27.8. The highest BCUT2D eigenvalue weighted by molar-refractivity contribution is 7.26. The number of para-hydroxylation sites is 2. The second-order valence-electron chi connectivity index (χ2n) is 14.4. The molecule has 0 aliphatic carbocycles. The van der Waals surface area contributed by atoms with Gasteiger partial charge in [-0.25, -0.2) is 0 Å². The molecule has 0 atom stereocenters. The van der Waals surface area contributed by atoms with Crippen molar-refractivity contribution in [3.63, 3.8) is 0 Å². The second kappa shape index (κ2) is 12.4. The van der Waals surface area contributed by atoms with E-state index in [2.05, 4.69) is 193 Å². The summed E-state index contributed by atoms with van der Waals surface area (Å²) < 4.78 is 12.2. The van der Waals surface area contributed by atoms with Gasteiger partial charge in [0.1, 0.15) is 5.58 Å². The number of anilines is 3. The molecule has 0 N–H and O–H groups in total. The number of nitrogens with zero attached hydrogens (tertiary/aromatic N) is 1. The Kier molecular flexibility index (Phi) is 7.00. The molecule has 12 rings (SSSR count). The molecule has 0 aliphatic heterocycles. The van der Waals surface area contributed by atoms with Gasteiger partial charge in [0, 0.05) is 62.5 Å². The van der Waals surface area contributed by atoms with Crippen LogP contribution in [0.3, 0.4) is 0 Å². The van der Waals surface area contributed by atoms with Gasteiger partial charge in [-0.05, 0) is 93.7 Å². The van der Waals surface area contributed by atoms with Gasteiger partial charge in [0.15, 0.2) is 5.58 Å². The highest BCUT2D eigenvalue weighted by atomic mass is 32.1. The monoisotopic (exact) mass is 749 g/mol. The Balaban J connectivity index is 1.02. The highest BCUT2D eigenvalue weighted by Crippen LogP contribution is 2.48. The number of rotatable bonds is 5. The van der Waals surface area contributed by atoms with Gasteiger partial charge in [0.2, 0.25) is 0 Å². The van der Waals surface area contributed by atoms with Crippen LogP contribution in [0.25, 0.3) is 95.3 Å². The highest BCUT2D eigenvalue weighted by Gasteiger charge is 2.21. The Labute approximate surface area is 330 Å². The van der Waals surface area contributed by atoms with Crippen molar-refractivity contribution in [2.75, 3.05) is 4.90 Å². The standard InChI is InChI=1S/C52H31NOS2/c1-2-14-35(15-3-1)53(36-28-26-32-12-4-5-13-33(32)30-36)44-22-9-20-41-38-29-27-34(31-45(38)54-51(41)44)37-17-8-21-43-50-40(19-11-25-48(50)56-52(37)43)39-18-10-24-47-49(39)42-16-6-7-23-46(42)55-47/h1-31H. The summed E-state index contributed by atoms with van der Waals surface area (Å²) in [7, 11) is 0. The molecule has 9 aromatic carbocycles. The first-order valence-electron chi connectivity index (χ1n) is 18.9. The van der Waals surface area contributed by atoms with Gasteiger partial charge in [-0.3, -0.25) is 0 Å². The smallest absolute Gasteiger partial charge is 0.159 e. The van der Waals surface area contributed by atoms with E-state index in [9.17, 15) is 0 Å². The lowest BCUT2D eigenvalue weighted by atomic mass is 9.94. The second-order valence-corrected chi connectivity index (χ2v) is 16.5. The Morgan fingerprint density at radius 1 is 0.393 bits per heavy atom. The van der Waals surface area contributed by atoms with Crippen LogP contribution in [0.1, 0.15) is 0 Å². The van der Waals surface area contributed by atoms with Crippen molar-refractivity contribution in [1.29, 1.82) is 0 Å². The molecule has 2 nitrogen and oxygen atoms in total. The van der Waals surface area contributed by atoms with Gasteiger partial charge in [0.05, 0.1) is 5.69 Å². The van der Waals surface area contributed by atoms with Crippen molar-refractivity contribution < 1.29 is 4.42 Å². The fourth-order valence-electron chi connectivity index (χ4n) is 8.75. The van der Waals surface area contributed by atoms with Crippen LogP contribution in [0.2, 0.25) is 0 Å². The molecule has 3 aromatic heterocycles. The van der Waals surface area contributed by atoms with Crippen molar-refractivity contribution in [3.8, 4) is 22.3 Å². The minimum atomic E-state index is 0.872. The van der Waals surface area contributed by atoms with E-state index in [1.807, 2.05) is 22.7 Å². The quantitative estimate of drug-likeness (QED) is 0.174.